The number of unbranched alkanes of at least 4 members (excludes halogenated alkanes) is 8. The van der Waals surface area contributed by atoms with Crippen LogP contribution < -0.4 is 0 Å². The predicted molar refractivity (Wildman–Crippen MR) is 215 cm³/mol. The van der Waals surface area contributed by atoms with E-state index < -0.39 is 18.1 Å². The summed E-state index contributed by atoms with van der Waals surface area (Å²) in [6, 6.07) is -0.630. The summed E-state index contributed by atoms with van der Waals surface area (Å²) in [5.74, 6) is -1.57. The van der Waals surface area contributed by atoms with Gasteiger partial charge in [0.2, 0.25) is 0 Å². The van der Waals surface area contributed by atoms with Crippen LogP contribution in [0.3, 0.4) is 0 Å². The highest BCUT2D eigenvalue weighted by atomic mass is 16.6. The molecule has 0 aliphatic carbocycles. The van der Waals surface area contributed by atoms with Crippen molar-refractivity contribution in [3.05, 3.63) is 97.2 Å². The minimum Gasteiger partial charge on any atom is -0.477 e. The van der Waals surface area contributed by atoms with Crippen molar-refractivity contribution in [2.75, 3.05) is 41.0 Å². The van der Waals surface area contributed by atoms with E-state index in [-0.39, 0.29) is 42.7 Å². The minimum absolute atomic E-state index is 0.0312. The van der Waals surface area contributed by atoms with Crippen LogP contribution in [0.25, 0.3) is 0 Å². The van der Waals surface area contributed by atoms with Crippen LogP contribution in [-0.2, 0) is 28.6 Å². The first kappa shape index (κ1) is 48.2. The van der Waals surface area contributed by atoms with Gasteiger partial charge >= 0.3 is 17.9 Å². The summed E-state index contributed by atoms with van der Waals surface area (Å²) in [5.41, 5.74) is 0. The fraction of sp³-hybridized carbons (Fsp3) is 0.568. The number of quaternary nitrogens is 1. The first-order valence-electron chi connectivity index (χ1n) is 19.4. The van der Waals surface area contributed by atoms with Crippen molar-refractivity contribution in [3.8, 4) is 0 Å². The summed E-state index contributed by atoms with van der Waals surface area (Å²) in [4.78, 5) is 36.8. The van der Waals surface area contributed by atoms with E-state index in [1.165, 1.54) is 0 Å². The first-order valence-corrected chi connectivity index (χ1v) is 19.4. The van der Waals surface area contributed by atoms with E-state index in [2.05, 4.69) is 44.2 Å². The Morgan fingerprint density at radius 1 is 0.577 bits per heavy atom. The molecule has 0 aliphatic rings. The second kappa shape index (κ2) is 34.3. The minimum atomic E-state index is -0.892. The molecule has 0 fully saturated rings. The van der Waals surface area contributed by atoms with Crippen LogP contribution in [0.5, 0.6) is 0 Å². The molecule has 8 nitrogen and oxygen atoms in total. The van der Waals surface area contributed by atoms with Gasteiger partial charge in [-0.2, -0.15) is 0 Å². The van der Waals surface area contributed by atoms with Crippen LogP contribution >= 0.6 is 0 Å². The molecule has 0 saturated heterocycles. The molecule has 52 heavy (non-hydrogen) atoms. The van der Waals surface area contributed by atoms with Gasteiger partial charge in [-0.25, -0.2) is 4.79 Å². The zero-order valence-corrected chi connectivity index (χ0v) is 33.0. The number of rotatable bonds is 32. The van der Waals surface area contributed by atoms with Gasteiger partial charge in [-0.05, 0) is 51.4 Å². The van der Waals surface area contributed by atoms with Gasteiger partial charge in [0.25, 0.3) is 0 Å². The van der Waals surface area contributed by atoms with Gasteiger partial charge in [0, 0.05) is 19.3 Å². The van der Waals surface area contributed by atoms with E-state index in [0.717, 1.165) is 77.0 Å². The monoisotopic (exact) mass is 725 g/mol. The lowest BCUT2D eigenvalue weighted by Crippen LogP contribution is -2.50. The van der Waals surface area contributed by atoms with Crippen LogP contribution in [-0.4, -0.2) is 80.6 Å². The van der Waals surface area contributed by atoms with Gasteiger partial charge in [-0.15, -0.1) is 0 Å². The molecule has 0 aliphatic heterocycles. The molecule has 0 aromatic heterocycles. The normalized spacial score (nSPS) is 14.1. The average Bonchev–Trinajstić information content (AvgIpc) is 3.09. The highest BCUT2D eigenvalue weighted by molar-refractivity contribution is 5.72. The molecule has 2 unspecified atom stereocenters. The predicted octanol–water partition coefficient (Wildman–Crippen LogP) is 9.96. The fourth-order valence-corrected chi connectivity index (χ4v) is 4.93. The van der Waals surface area contributed by atoms with Crippen LogP contribution in [0.1, 0.15) is 110 Å². The van der Waals surface area contributed by atoms with Crippen molar-refractivity contribution in [1.29, 1.82) is 0 Å². The maximum atomic E-state index is 12.7. The number of likely N-dealkylation sites (N-methyl/N-ethyl adjacent to an activating group) is 1. The number of hydrogen-bond donors (Lipinski definition) is 1. The number of allylic oxidation sites excluding steroid dienone is 16. The third kappa shape index (κ3) is 32.2. The maximum Gasteiger partial charge on any atom is 0.362 e. The molecule has 0 saturated carbocycles. The molecule has 0 rings (SSSR count). The van der Waals surface area contributed by atoms with E-state index in [1.54, 1.807) is 0 Å². The average molecular weight is 725 g/mol. The van der Waals surface area contributed by atoms with E-state index in [4.69, 9.17) is 14.2 Å². The summed E-state index contributed by atoms with van der Waals surface area (Å²) < 4.78 is 17.1. The van der Waals surface area contributed by atoms with Crippen LogP contribution in [0.15, 0.2) is 97.2 Å². The Bertz CT molecular complexity index is 1170. The molecular weight excluding hydrogens is 654 g/mol. The summed E-state index contributed by atoms with van der Waals surface area (Å²) in [7, 11) is 5.48. The van der Waals surface area contributed by atoms with Crippen LogP contribution in [0.2, 0.25) is 0 Å². The quantitative estimate of drug-likeness (QED) is 0.0319. The van der Waals surface area contributed by atoms with Crippen molar-refractivity contribution in [1.82, 2.24) is 0 Å². The number of esters is 2. The second-order valence-corrected chi connectivity index (χ2v) is 13.6. The SMILES string of the molecule is CC/C=C/C=C/C=C/C=C/CCCCCCCC(=O)OC(COCCC(C(=O)O)[N+](C)(C)C)COC(=O)CCCCC/C=C/C=C/C=C/C=C/CC. The number of aliphatic carboxylic acids is 1. The molecule has 0 radical (unpaired) electrons. The Morgan fingerprint density at radius 3 is 1.52 bits per heavy atom. The lowest BCUT2D eigenvalue weighted by molar-refractivity contribution is -0.887. The molecule has 0 amide bonds. The van der Waals surface area contributed by atoms with Crippen LogP contribution in [0, 0.1) is 0 Å². The zero-order valence-electron chi connectivity index (χ0n) is 33.0. The number of carboxylic acid groups (broad SMARTS) is 1. The number of carbonyl (C=O) groups is 3. The van der Waals surface area contributed by atoms with Gasteiger partial charge < -0.3 is 23.8 Å². The van der Waals surface area contributed by atoms with Gasteiger partial charge in [0.1, 0.15) is 6.61 Å². The van der Waals surface area contributed by atoms with Crippen molar-refractivity contribution >= 4 is 17.9 Å². The highest BCUT2D eigenvalue weighted by Crippen LogP contribution is 2.12. The Labute approximate surface area is 316 Å². The standard InChI is InChI=1S/C44H69NO7/c1-6-8-10-12-14-16-18-20-21-23-25-27-29-31-33-35-43(47)52-40(38-50-37-36-41(44(48)49)45(3,4)5)39-51-42(46)34-32-30-28-26-24-22-19-17-15-13-11-9-7-2/h8-22,24,40-41H,6-7,23,25-39H2,1-5H3/p+1/b10-8+,11-9+,14-12+,15-13+,18-16+,19-17+,21-20+,24-22+. The molecule has 0 aromatic carbocycles. The molecule has 292 valence electrons. The first-order chi connectivity index (χ1) is 25.1. The largest absolute Gasteiger partial charge is 0.477 e. The number of carboxylic acids is 1. The van der Waals surface area contributed by atoms with Gasteiger partial charge in [0.05, 0.1) is 34.4 Å². The fourth-order valence-electron chi connectivity index (χ4n) is 4.93. The maximum absolute atomic E-state index is 12.7. The molecular formula is C44H70NO7+. The Balaban J connectivity index is 4.56. The lowest BCUT2D eigenvalue weighted by atomic mass is 10.1. The van der Waals surface area contributed by atoms with Gasteiger partial charge in [0.15, 0.2) is 12.1 Å². The van der Waals surface area contributed by atoms with Crippen molar-refractivity contribution in [2.24, 2.45) is 0 Å². The zero-order chi connectivity index (χ0) is 38.5. The van der Waals surface area contributed by atoms with E-state index in [9.17, 15) is 19.5 Å². The van der Waals surface area contributed by atoms with E-state index in [0.29, 0.717) is 12.8 Å². The molecule has 8 heteroatoms. The summed E-state index contributed by atoms with van der Waals surface area (Å²) in [6.45, 7) is 4.35. The highest BCUT2D eigenvalue weighted by Gasteiger charge is 2.31. The third-order valence-electron chi connectivity index (χ3n) is 7.92. The van der Waals surface area contributed by atoms with E-state index >= 15 is 0 Å². The summed E-state index contributed by atoms with van der Waals surface area (Å²) >= 11 is 0. The Morgan fingerprint density at radius 2 is 1.02 bits per heavy atom. The molecule has 2 atom stereocenters. The topological polar surface area (TPSA) is 99.1 Å². The van der Waals surface area contributed by atoms with Crippen molar-refractivity contribution in [3.63, 3.8) is 0 Å². The molecule has 1 N–H and O–H groups in total. The molecule has 0 bridgehead atoms. The summed E-state index contributed by atoms with van der Waals surface area (Å²) in [6.07, 6.45) is 44.5. The van der Waals surface area contributed by atoms with Crippen molar-refractivity contribution in [2.45, 2.75) is 122 Å². The lowest BCUT2D eigenvalue weighted by Gasteiger charge is -2.31. The molecule has 0 spiro atoms. The smallest absolute Gasteiger partial charge is 0.362 e. The third-order valence-corrected chi connectivity index (χ3v) is 7.92. The van der Waals surface area contributed by atoms with E-state index in [1.807, 2.05) is 88.0 Å². The number of carbonyl (C=O) groups excluding carboxylic acids is 2. The number of ether oxygens (including phenoxy) is 3. The van der Waals surface area contributed by atoms with Crippen LogP contribution in [0.4, 0.5) is 0 Å². The second-order valence-electron chi connectivity index (χ2n) is 13.6. The van der Waals surface area contributed by atoms with Gasteiger partial charge in [-0.1, -0.05) is 137 Å². The van der Waals surface area contributed by atoms with Gasteiger partial charge in [-0.3, -0.25) is 9.59 Å². The molecule has 0 aromatic rings. The number of hydrogen-bond acceptors (Lipinski definition) is 6. The number of nitrogens with zero attached hydrogens (tertiary/aromatic N) is 1. The van der Waals surface area contributed by atoms with Crippen molar-refractivity contribution < 1.29 is 38.2 Å². The Hall–Kier alpha value is -3.75. The Kier molecular flexibility index (Phi) is 31.9. The molecule has 0 heterocycles. The summed E-state index contributed by atoms with van der Waals surface area (Å²) in [5, 5.41) is 9.59.